The lowest BCUT2D eigenvalue weighted by Gasteiger charge is -2.35. The first kappa shape index (κ1) is 25.4. The van der Waals surface area contributed by atoms with Gasteiger partial charge in [-0.25, -0.2) is 0 Å². The molecule has 0 aliphatic carbocycles. The zero-order chi connectivity index (χ0) is 26.2. The number of amides is 1. The van der Waals surface area contributed by atoms with Gasteiger partial charge in [-0.1, -0.05) is 97.1 Å². The Balaban J connectivity index is 1.32. The lowest BCUT2D eigenvalue weighted by Crippen LogP contribution is -2.28. The Kier molecular flexibility index (Phi) is 7.92. The van der Waals surface area contributed by atoms with E-state index < -0.39 is 4.75 Å². The van der Waals surface area contributed by atoms with Gasteiger partial charge >= 0.3 is 0 Å². The normalized spacial score (nSPS) is 11.2. The van der Waals surface area contributed by atoms with Gasteiger partial charge in [0.15, 0.2) is 0 Å². The third-order valence-electron chi connectivity index (χ3n) is 6.78. The predicted molar refractivity (Wildman–Crippen MR) is 156 cm³/mol. The fraction of sp³-hybridized carbons (Fsp3) is 0.152. The average molecular weight is 516 g/mol. The van der Waals surface area contributed by atoms with Gasteiger partial charge in [-0.2, -0.15) is 5.26 Å². The highest BCUT2D eigenvalue weighted by atomic mass is 32.2. The van der Waals surface area contributed by atoms with E-state index in [1.807, 2.05) is 36.5 Å². The Morgan fingerprint density at radius 1 is 0.842 bits per heavy atom. The first-order valence-electron chi connectivity index (χ1n) is 12.7. The zero-order valence-corrected chi connectivity index (χ0v) is 21.9. The maximum Gasteiger partial charge on any atom is 0.221 e. The van der Waals surface area contributed by atoms with E-state index in [1.165, 1.54) is 16.7 Å². The van der Waals surface area contributed by atoms with Gasteiger partial charge in [0.05, 0.1) is 17.2 Å². The van der Waals surface area contributed by atoms with Crippen LogP contribution in [0.2, 0.25) is 0 Å². The van der Waals surface area contributed by atoms with Crippen molar-refractivity contribution in [3.05, 3.63) is 143 Å². The van der Waals surface area contributed by atoms with Crippen molar-refractivity contribution in [2.24, 2.45) is 0 Å². The molecular weight excluding hydrogens is 486 g/mol. The molecule has 1 aromatic heterocycles. The number of carbonyl (C=O) groups excluding carboxylic acids is 1. The Labute approximate surface area is 227 Å². The number of carbonyl (C=O) groups is 1. The van der Waals surface area contributed by atoms with Crippen molar-refractivity contribution in [2.45, 2.75) is 24.1 Å². The molecule has 0 bridgehead atoms. The van der Waals surface area contributed by atoms with Crippen LogP contribution in [0.25, 0.3) is 10.9 Å². The smallest absolute Gasteiger partial charge is 0.221 e. The number of H-pyrrole nitrogens is 1. The SMILES string of the molecule is N#CCc1c[nH]c2ccc(CNC(=O)CCSC(c3ccccc3)(c3ccccc3)c3ccccc3)cc12. The molecule has 0 radical (unpaired) electrons. The summed E-state index contributed by atoms with van der Waals surface area (Å²) in [5, 5.41) is 13.2. The molecule has 5 heteroatoms. The van der Waals surface area contributed by atoms with Gasteiger partial charge in [0.25, 0.3) is 0 Å². The highest BCUT2D eigenvalue weighted by molar-refractivity contribution is 8.00. The van der Waals surface area contributed by atoms with Crippen LogP contribution in [0.15, 0.2) is 115 Å². The number of nitriles is 1. The maximum absolute atomic E-state index is 12.9. The van der Waals surface area contributed by atoms with Crippen LogP contribution in [-0.2, 0) is 22.5 Å². The molecule has 1 amide bonds. The summed E-state index contributed by atoms with van der Waals surface area (Å²) in [5.74, 6) is 0.681. The average Bonchev–Trinajstić information content (AvgIpc) is 3.38. The molecule has 2 N–H and O–H groups in total. The van der Waals surface area contributed by atoms with Crippen LogP contribution < -0.4 is 5.32 Å². The number of thioether (sulfide) groups is 1. The molecule has 0 atom stereocenters. The number of fused-ring (bicyclic) bond motifs is 1. The summed E-state index contributed by atoms with van der Waals surface area (Å²) in [6.45, 7) is 0.456. The first-order valence-corrected chi connectivity index (χ1v) is 13.7. The van der Waals surface area contributed by atoms with E-state index in [0.29, 0.717) is 25.1 Å². The molecular formula is C33H29N3OS. The highest BCUT2D eigenvalue weighted by Gasteiger charge is 2.36. The molecule has 0 saturated heterocycles. The molecule has 0 saturated carbocycles. The number of aromatic nitrogens is 1. The first-order chi connectivity index (χ1) is 18.7. The third-order valence-corrected chi connectivity index (χ3v) is 8.33. The van der Waals surface area contributed by atoms with Crippen molar-refractivity contribution >= 4 is 28.6 Å². The monoisotopic (exact) mass is 515 g/mol. The fourth-order valence-electron chi connectivity index (χ4n) is 4.92. The Morgan fingerprint density at radius 2 is 1.42 bits per heavy atom. The minimum atomic E-state index is -0.430. The molecule has 0 spiro atoms. The number of rotatable bonds is 10. The maximum atomic E-state index is 12.9. The topological polar surface area (TPSA) is 68.7 Å². The van der Waals surface area contributed by atoms with Crippen LogP contribution in [0.4, 0.5) is 0 Å². The molecule has 1 heterocycles. The number of hydrogen-bond acceptors (Lipinski definition) is 3. The lowest BCUT2D eigenvalue weighted by molar-refractivity contribution is -0.120. The molecule has 5 aromatic rings. The van der Waals surface area contributed by atoms with E-state index in [1.54, 1.807) is 11.8 Å². The van der Waals surface area contributed by atoms with Gasteiger partial charge in [0.1, 0.15) is 0 Å². The zero-order valence-electron chi connectivity index (χ0n) is 21.1. The van der Waals surface area contributed by atoms with E-state index in [9.17, 15) is 4.79 Å². The van der Waals surface area contributed by atoms with Crippen LogP contribution in [0.5, 0.6) is 0 Å². The minimum Gasteiger partial charge on any atom is -0.361 e. The quantitative estimate of drug-likeness (QED) is 0.197. The molecule has 0 aliphatic heterocycles. The Morgan fingerprint density at radius 3 is 1.97 bits per heavy atom. The Hall–Kier alpha value is -4.27. The second-order valence-electron chi connectivity index (χ2n) is 9.18. The van der Waals surface area contributed by atoms with Crippen molar-refractivity contribution in [1.82, 2.24) is 10.3 Å². The van der Waals surface area contributed by atoms with E-state index in [0.717, 1.165) is 22.0 Å². The van der Waals surface area contributed by atoms with Crippen LogP contribution in [0.3, 0.4) is 0 Å². The molecule has 0 unspecified atom stereocenters. The summed E-state index contributed by atoms with van der Waals surface area (Å²) in [6, 6.07) is 39.9. The standard InChI is InChI=1S/C33H29N3OS/c34-20-18-26-24-35-31-17-16-25(22-30(26)31)23-36-32(37)19-21-38-33(27-10-4-1-5-11-27,28-12-6-2-7-13-28)29-14-8-3-9-15-29/h1-17,22,24,35H,18-19,21,23H2,(H,36,37). The van der Waals surface area contributed by atoms with Crippen LogP contribution in [0, 0.1) is 11.3 Å². The van der Waals surface area contributed by atoms with E-state index in [-0.39, 0.29) is 5.91 Å². The molecule has 0 fully saturated rings. The molecule has 5 rings (SSSR count). The summed E-state index contributed by atoms with van der Waals surface area (Å²) in [5.41, 5.74) is 6.57. The van der Waals surface area contributed by atoms with Crippen molar-refractivity contribution in [3.8, 4) is 6.07 Å². The molecule has 38 heavy (non-hydrogen) atoms. The molecule has 188 valence electrons. The van der Waals surface area contributed by atoms with Crippen LogP contribution in [0.1, 0.15) is 34.2 Å². The third kappa shape index (κ3) is 5.37. The number of nitrogens with zero attached hydrogens (tertiary/aromatic N) is 1. The summed E-state index contributed by atoms with van der Waals surface area (Å²) in [7, 11) is 0. The molecule has 4 nitrogen and oxygen atoms in total. The van der Waals surface area contributed by atoms with E-state index in [4.69, 9.17) is 5.26 Å². The van der Waals surface area contributed by atoms with Gasteiger partial charge in [0.2, 0.25) is 5.91 Å². The van der Waals surface area contributed by atoms with Crippen LogP contribution >= 0.6 is 11.8 Å². The van der Waals surface area contributed by atoms with Crippen LogP contribution in [-0.4, -0.2) is 16.6 Å². The largest absolute Gasteiger partial charge is 0.361 e. The highest BCUT2D eigenvalue weighted by Crippen LogP contribution is 2.48. The van der Waals surface area contributed by atoms with Crippen molar-refractivity contribution in [3.63, 3.8) is 0 Å². The molecule has 0 aliphatic rings. The fourth-order valence-corrected chi connectivity index (χ4v) is 6.42. The van der Waals surface area contributed by atoms with E-state index >= 15 is 0 Å². The number of benzene rings is 4. The second-order valence-corrected chi connectivity index (χ2v) is 10.5. The van der Waals surface area contributed by atoms with Gasteiger partial charge in [0, 0.05) is 35.8 Å². The van der Waals surface area contributed by atoms with Crippen molar-refractivity contribution in [1.29, 1.82) is 5.26 Å². The van der Waals surface area contributed by atoms with Gasteiger partial charge in [-0.05, 0) is 39.9 Å². The number of hydrogen-bond donors (Lipinski definition) is 2. The van der Waals surface area contributed by atoms with Crippen molar-refractivity contribution in [2.75, 3.05) is 5.75 Å². The summed E-state index contributed by atoms with van der Waals surface area (Å²) < 4.78 is -0.430. The van der Waals surface area contributed by atoms with Gasteiger partial charge < -0.3 is 10.3 Å². The summed E-state index contributed by atoms with van der Waals surface area (Å²) >= 11 is 1.79. The molecule has 4 aromatic carbocycles. The summed E-state index contributed by atoms with van der Waals surface area (Å²) in [6.07, 6.45) is 2.65. The predicted octanol–water partition coefficient (Wildman–Crippen LogP) is 6.97. The minimum absolute atomic E-state index is 0.0204. The van der Waals surface area contributed by atoms with E-state index in [2.05, 4.69) is 95.2 Å². The van der Waals surface area contributed by atoms with Crippen molar-refractivity contribution < 1.29 is 4.79 Å². The second kappa shape index (κ2) is 11.9. The number of aromatic amines is 1. The summed E-state index contributed by atoms with van der Waals surface area (Å²) in [4.78, 5) is 16.1. The van der Waals surface area contributed by atoms with Gasteiger partial charge in [-0.15, -0.1) is 11.8 Å². The Bertz CT molecular complexity index is 1440. The number of nitrogens with one attached hydrogen (secondary N) is 2. The van der Waals surface area contributed by atoms with Gasteiger partial charge in [-0.3, -0.25) is 4.79 Å². The lowest BCUT2D eigenvalue weighted by atomic mass is 9.84.